The highest BCUT2D eigenvalue weighted by atomic mass is 32.1. The maximum absolute atomic E-state index is 12.8. The van der Waals surface area contributed by atoms with Crippen LogP contribution >= 0.6 is 11.3 Å². The lowest BCUT2D eigenvalue weighted by molar-refractivity contribution is 0.181. The lowest BCUT2D eigenvalue weighted by Crippen LogP contribution is -2.34. The number of nitrogens with one attached hydrogen (secondary N) is 1. The smallest absolute Gasteiger partial charge is 0.260 e. The van der Waals surface area contributed by atoms with Crippen molar-refractivity contribution in [2.45, 2.75) is 44.7 Å². The van der Waals surface area contributed by atoms with E-state index in [9.17, 15) is 4.79 Å². The van der Waals surface area contributed by atoms with E-state index in [0.717, 1.165) is 27.5 Å². The van der Waals surface area contributed by atoms with Crippen molar-refractivity contribution in [2.24, 2.45) is 0 Å². The zero-order valence-corrected chi connectivity index (χ0v) is 16.6. The normalized spacial score (nSPS) is 15.5. The van der Waals surface area contributed by atoms with Crippen LogP contribution in [0.5, 0.6) is 5.75 Å². The topological polar surface area (TPSA) is 58.2 Å². The Hall–Kier alpha value is -2.18. The standard InChI is InChI=1S/C21H25N3O2S/c1-24(15-6-4-3-5-7-15)12-18-22-20(25)19-17(13-27-21(19)23-18)14-8-10-16(26-2)11-9-14/h8-11,13,15H,3-7,12H2,1-2H3,(H,22,23,25). The Kier molecular flexibility index (Phi) is 5.27. The SMILES string of the molecule is COc1ccc(-c2csc3nc(CN(C)C4CCCCC4)[nH]c(=O)c23)cc1. The van der Waals surface area contributed by atoms with Crippen LogP contribution in [0.3, 0.4) is 0 Å². The summed E-state index contributed by atoms with van der Waals surface area (Å²) >= 11 is 1.53. The van der Waals surface area contributed by atoms with Crippen molar-refractivity contribution in [3.05, 3.63) is 45.8 Å². The second-order valence-corrected chi connectivity index (χ2v) is 8.14. The summed E-state index contributed by atoms with van der Waals surface area (Å²) in [5, 5.41) is 2.69. The van der Waals surface area contributed by atoms with E-state index in [-0.39, 0.29) is 5.56 Å². The Morgan fingerprint density at radius 2 is 1.96 bits per heavy atom. The number of H-pyrrole nitrogens is 1. The summed E-state index contributed by atoms with van der Waals surface area (Å²) in [6.07, 6.45) is 6.42. The minimum absolute atomic E-state index is 0.0564. The molecule has 0 amide bonds. The molecule has 1 aromatic carbocycles. The monoisotopic (exact) mass is 383 g/mol. The molecule has 0 saturated heterocycles. The van der Waals surface area contributed by atoms with Crippen molar-refractivity contribution in [3.63, 3.8) is 0 Å². The summed E-state index contributed by atoms with van der Waals surface area (Å²) in [7, 11) is 3.78. The van der Waals surface area contributed by atoms with E-state index in [4.69, 9.17) is 9.72 Å². The third-order valence-corrected chi connectivity index (χ3v) is 6.36. The molecule has 1 fully saturated rings. The summed E-state index contributed by atoms with van der Waals surface area (Å²) < 4.78 is 5.22. The molecular formula is C21H25N3O2S. The van der Waals surface area contributed by atoms with Gasteiger partial charge in [-0.3, -0.25) is 9.69 Å². The van der Waals surface area contributed by atoms with Gasteiger partial charge in [0.05, 0.1) is 19.0 Å². The number of ether oxygens (including phenoxy) is 1. The van der Waals surface area contributed by atoms with E-state index in [1.54, 1.807) is 7.11 Å². The van der Waals surface area contributed by atoms with Crippen molar-refractivity contribution in [3.8, 4) is 16.9 Å². The molecular weight excluding hydrogens is 358 g/mol. The quantitative estimate of drug-likeness (QED) is 0.708. The maximum Gasteiger partial charge on any atom is 0.260 e. The van der Waals surface area contributed by atoms with Crippen LogP contribution in [-0.4, -0.2) is 35.1 Å². The third kappa shape index (κ3) is 3.77. The van der Waals surface area contributed by atoms with Crippen LogP contribution in [0, 0.1) is 0 Å². The van der Waals surface area contributed by atoms with Gasteiger partial charge in [-0.25, -0.2) is 4.98 Å². The predicted molar refractivity (Wildman–Crippen MR) is 111 cm³/mol. The second kappa shape index (κ2) is 7.82. The molecule has 27 heavy (non-hydrogen) atoms. The van der Waals surface area contributed by atoms with E-state index >= 15 is 0 Å². The molecule has 3 aromatic rings. The zero-order chi connectivity index (χ0) is 18.8. The fourth-order valence-corrected chi connectivity index (χ4v) is 4.91. The number of fused-ring (bicyclic) bond motifs is 1. The summed E-state index contributed by atoms with van der Waals surface area (Å²) in [4.78, 5) is 23.7. The fraction of sp³-hybridized carbons (Fsp3) is 0.429. The van der Waals surface area contributed by atoms with Crippen LogP contribution in [0.4, 0.5) is 0 Å². The highest BCUT2D eigenvalue weighted by Crippen LogP contribution is 2.32. The van der Waals surface area contributed by atoms with Crippen LogP contribution in [0.25, 0.3) is 21.3 Å². The molecule has 1 saturated carbocycles. The molecule has 2 aromatic heterocycles. The Balaban J connectivity index is 1.62. The number of nitrogens with zero attached hydrogens (tertiary/aromatic N) is 2. The average Bonchev–Trinajstić information content (AvgIpc) is 3.13. The minimum Gasteiger partial charge on any atom is -0.497 e. The number of hydrogen-bond acceptors (Lipinski definition) is 5. The maximum atomic E-state index is 12.8. The van der Waals surface area contributed by atoms with Gasteiger partial charge in [-0.1, -0.05) is 31.4 Å². The number of aromatic amines is 1. The Morgan fingerprint density at radius 3 is 2.67 bits per heavy atom. The van der Waals surface area contributed by atoms with E-state index in [1.165, 1.54) is 43.4 Å². The fourth-order valence-electron chi connectivity index (χ4n) is 3.94. The molecule has 1 aliphatic rings. The highest BCUT2D eigenvalue weighted by molar-refractivity contribution is 7.17. The molecule has 142 valence electrons. The first kappa shape index (κ1) is 18.2. The van der Waals surface area contributed by atoms with Crippen LogP contribution in [-0.2, 0) is 6.54 Å². The molecule has 1 aliphatic carbocycles. The van der Waals surface area contributed by atoms with Crippen molar-refractivity contribution in [1.29, 1.82) is 0 Å². The summed E-state index contributed by atoms with van der Waals surface area (Å²) in [6, 6.07) is 8.37. The molecule has 6 heteroatoms. The van der Waals surface area contributed by atoms with E-state index < -0.39 is 0 Å². The number of aromatic nitrogens is 2. The average molecular weight is 384 g/mol. The number of methoxy groups -OCH3 is 1. The van der Waals surface area contributed by atoms with Crippen molar-refractivity contribution in [2.75, 3.05) is 14.2 Å². The first-order chi connectivity index (χ1) is 13.2. The Bertz CT molecular complexity index is 971. The summed E-state index contributed by atoms with van der Waals surface area (Å²) in [5.74, 6) is 1.56. The summed E-state index contributed by atoms with van der Waals surface area (Å²) in [6.45, 7) is 0.686. The first-order valence-electron chi connectivity index (χ1n) is 9.51. The van der Waals surface area contributed by atoms with Gasteiger partial charge in [0.25, 0.3) is 5.56 Å². The highest BCUT2D eigenvalue weighted by Gasteiger charge is 2.20. The van der Waals surface area contributed by atoms with E-state index in [0.29, 0.717) is 18.0 Å². The van der Waals surface area contributed by atoms with E-state index in [2.05, 4.69) is 16.9 Å². The molecule has 0 radical (unpaired) electrons. The molecule has 0 atom stereocenters. The molecule has 0 aliphatic heterocycles. The molecule has 5 nitrogen and oxygen atoms in total. The molecule has 1 N–H and O–H groups in total. The molecule has 2 heterocycles. The first-order valence-corrected chi connectivity index (χ1v) is 10.4. The number of benzene rings is 1. The van der Waals surface area contributed by atoms with Gasteiger partial charge in [0.15, 0.2) is 0 Å². The number of thiophene rings is 1. The lowest BCUT2D eigenvalue weighted by atomic mass is 9.94. The molecule has 0 bridgehead atoms. The van der Waals surface area contributed by atoms with Gasteiger partial charge in [-0.2, -0.15) is 0 Å². The zero-order valence-electron chi connectivity index (χ0n) is 15.8. The van der Waals surface area contributed by atoms with Gasteiger partial charge in [-0.15, -0.1) is 11.3 Å². The molecule has 0 unspecified atom stereocenters. The Labute approximate surface area is 163 Å². The van der Waals surface area contributed by atoms with Crippen LogP contribution < -0.4 is 10.3 Å². The van der Waals surface area contributed by atoms with Gasteiger partial charge in [0.2, 0.25) is 0 Å². The van der Waals surface area contributed by atoms with Gasteiger partial charge >= 0.3 is 0 Å². The predicted octanol–water partition coefficient (Wildman–Crippen LogP) is 4.42. The lowest BCUT2D eigenvalue weighted by Gasteiger charge is -2.30. The second-order valence-electron chi connectivity index (χ2n) is 7.28. The number of hydrogen-bond donors (Lipinski definition) is 1. The van der Waals surface area contributed by atoms with Gasteiger partial charge in [-0.05, 0) is 37.6 Å². The van der Waals surface area contributed by atoms with Gasteiger partial charge in [0.1, 0.15) is 16.4 Å². The molecule has 4 rings (SSSR count). The van der Waals surface area contributed by atoms with Crippen molar-refractivity contribution >= 4 is 21.6 Å². The Morgan fingerprint density at radius 1 is 1.22 bits per heavy atom. The summed E-state index contributed by atoms with van der Waals surface area (Å²) in [5.41, 5.74) is 1.87. The van der Waals surface area contributed by atoms with Gasteiger partial charge in [0, 0.05) is 17.0 Å². The molecule has 0 spiro atoms. The van der Waals surface area contributed by atoms with Crippen molar-refractivity contribution in [1.82, 2.24) is 14.9 Å². The van der Waals surface area contributed by atoms with Gasteiger partial charge < -0.3 is 9.72 Å². The minimum atomic E-state index is -0.0564. The van der Waals surface area contributed by atoms with E-state index in [1.807, 2.05) is 29.6 Å². The third-order valence-electron chi connectivity index (χ3n) is 5.49. The van der Waals surface area contributed by atoms with Crippen LogP contribution in [0.1, 0.15) is 37.9 Å². The number of rotatable bonds is 5. The van der Waals surface area contributed by atoms with Crippen molar-refractivity contribution < 1.29 is 4.74 Å². The van der Waals surface area contributed by atoms with Crippen LogP contribution in [0.2, 0.25) is 0 Å². The van der Waals surface area contributed by atoms with Crippen LogP contribution in [0.15, 0.2) is 34.4 Å². The largest absolute Gasteiger partial charge is 0.497 e.